The summed E-state index contributed by atoms with van der Waals surface area (Å²) in [6.07, 6.45) is 0.898. The van der Waals surface area contributed by atoms with E-state index in [1.165, 1.54) is 10.7 Å². The number of rotatable bonds is 8. The highest BCUT2D eigenvalue weighted by Crippen LogP contribution is 2.23. The van der Waals surface area contributed by atoms with Crippen molar-refractivity contribution in [2.24, 2.45) is 0 Å². The minimum absolute atomic E-state index is 0.260. The van der Waals surface area contributed by atoms with E-state index in [0.29, 0.717) is 28.2 Å². The van der Waals surface area contributed by atoms with Crippen LogP contribution in [-0.2, 0) is 0 Å². The Morgan fingerprint density at radius 3 is 2.54 bits per heavy atom. The summed E-state index contributed by atoms with van der Waals surface area (Å²) in [5, 5.41) is 5.03. The van der Waals surface area contributed by atoms with Crippen LogP contribution in [0, 0.1) is 0 Å². The molecule has 0 spiro atoms. The van der Waals surface area contributed by atoms with E-state index in [9.17, 15) is 4.79 Å². The second-order valence-electron chi connectivity index (χ2n) is 5.25. The van der Waals surface area contributed by atoms with Crippen LogP contribution in [-0.4, -0.2) is 40.9 Å². The number of nitrogens with zero attached hydrogens (tertiary/aromatic N) is 3. The quantitative estimate of drug-likeness (QED) is 0.666. The third kappa shape index (κ3) is 4.97. The molecule has 0 bridgehead atoms. The second kappa shape index (κ2) is 9.06. The number of hydrogen-bond donors (Lipinski definition) is 0. The van der Waals surface area contributed by atoms with E-state index in [4.69, 9.17) is 27.9 Å². The third-order valence-corrected chi connectivity index (χ3v) is 4.43. The molecule has 0 fully saturated rings. The molecule has 0 aliphatic carbocycles. The number of ether oxygens (including phenoxy) is 1. The molecule has 130 valence electrons. The summed E-state index contributed by atoms with van der Waals surface area (Å²) in [4.78, 5) is 14.4. The van der Waals surface area contributed by atoms with Crippen molar-refractivity contribution in [1.29, 1.82) is 0 Å². The molecule has 0 saturated heterocycles. The topological polar surface area (TPSA) is 47.4 Å². The van der Waals surface area contributed by atoms with Gasteiger partial charge >= 0.3 is 0 Å². The SMILES string of the molecule is CCN(CC)CCCOc1ccc(=O)n(-c2ccc(Cl)c(Cl)c2)n1. The van der Waals surface area contributed by atoms with Gasteiger partial charge in [-0.1, -0.05) is 37.0 Å². The van der Waals surface area contributed by atoms with E-state index in [1.807, 2.05) is 0 Å². The summed E-state index contributed by atoms with van der Waals surface area (Å²) >= 11 is 11.9. The van der Waals surface area contributed by atoms with Gasteiger partial charge in [-0.25, -0.2) is 0 Å². The molecule has 0 atom stereocenters. The summed E-state index contributed by atoms with van der Waals surface area (Å²) in [5.41, 5.74) is 0.284. The Morgan fingerprint density at radius 2 is 1.88 bits per heavy atom. The van der Waals surface area contributed by atoms with Crippen LogP contribution in [0.25, 0.3) is 5.69 Å². The van der Waals surface area contributed by atoms with Crippen molar-refractivity contribution in [3.05, 3.63) is 50.7 Å². The summed E-state index contributed by atoms with van der Waals surface area (Å²) < 4.78 is 6.91. The lowest BCUT2D eigenvalue weighted by atomic mass is 10.3. The van der Waals surface area contributed by atoms with Crippen molar-refractivity contribution in [3.63, 3.8) is 0 Å². The van der Waals surface area contributed by atoms with Crippen molar-refractivity contribution in [1.82, 2.24) is 14.7 Å². The number of benzene rings is 1. The molecule has 0 unspecified atom stereocenters. The largest absolute Gasteiger partial charge is 0.477 e. The molecule has 1 aromatic carbocycles. The fourth-order valence-corrected chi connectivity index (χ4v) is 2.57. The summed E-state index contributed by atoms with van der Waals surface area (Å²) in [5.74, 6) is 0.403. The lowest BCUT2D eigenvalue weighted by molar-refractivity contribution is 0.242. The molecule has 0 saturated carbocycles. The normalized spacial score (nSPS) is 11.0. The van der Waals surface area contributed by atoms with Gasteiger partial charge in [-0.05, 0) is 37.7 Å². The highest BCUT2D eigenvalue weighted by molar-refractivity contribution is 6.42. The van der Waals surface area contributed by atoms with Gasteiger partial charge in [0.25, 0.3) is 5.56 Å². The monoisotopic (exact) mass is 369 g/mol. The summed E-state index contributed by atoms with van der Waals surface area (Å²) in [6.45, 7) is 7.84. The fourth-order valence-electron chi connectivity index (χ4n) is 2.28. The van der Waals surface area contributed by atoms with Crippen molar-refractivity contribution < 1.29 is 4.74 Å². The first-order valence-electron chi connectivity index (χ1n) is 7.96. The predicted molar refractivity (Wildman–Crippen MR) is 97.8 cm³/mol. The highest BCUT2D eigenvalue weighted by Gasteiger charge is 2.07. The molecule has 0 N–H and O–H groups in total. The second-order valence-corrected chi connectivity index (χ2v) is 6.06. The minimum atomic E-state index is -0.260. The average molecular weight is 370 g/mol. The van der Waals surface area contributed by atoms with Crippen molar-refractivity contribution >= 4 is 23.2 Å². The zero-order chi connectivity index (χ0) is 17.5. The standard InChI is InChI=1S/C17H21Cl2N3O2/c1-3-21(4-2)10-5-11-24-16-8-9-17(23)22(20-16)13-6-7-14(18)15(19)12-13/h6-9,12H,3-5,10-11H2,1-2H3. The Balaban J connectivity index is 2.06. The Labute approximate surface area is 151 Å². The smallest absolute Gasteiger partial charge is 0.271 e. The summed E-state index contributed by atoms with van der Waals surface area (Å²) in [7, 11) is 0. The maximum absolute atomic E-state index is 12.0. The zero-order valence-corrected chi connectivity index (χ0v) is 15.3. The van der Waals surface area contributed by atoms with Crippen LogP contribution in [0.15, 0.2) is 35.1 Å². The van der Waals surface area contributed by atoms with Crippen LogP contribution in [0.1, 0.15) is 20.3 Å². The molecule has 0 amide bonds. The van der Waals surface area contributed by atoms with Crippen LogP contribution in [0.4, 0.5) is 0 Å². The molecule has 0 aliphatic heterocycles. The average Bonchev–Trinajstić information content (AvgIpc) is 2.59. The van der Waals surface area contributed by atoms with Crippen LogP contribution < -0.4 is 10.3 Å². The Morgan fingerprint density at radius 1 is 1.12 bits per heavy atom. The highest BCUT2D eigenvalue weighted by atomic mass is 35.5. The molecule has 7 heteroatoms. The summed E-state index contributed by atoms with van der Waals surface area (Å²) in [6, 6.07) is 7.92. The molecule has 1 aromatic heterocycles. The van der Waals surface area contributed by atoms with Crippen LogP contribution in [0.2, 0.25) is 10.0 Å². The van der Waals surface area contributed by atoms with Gasteiger partial charge < -0.3 is 9.64 Å². The van der Waals surface area contributed by atoms with Gasteiger partial charge in [0.05, 0.1) is 22.3 Å². The van der Waals surface area contributed by atoms with E-state index >= 15 is 0 Å². The van der Waals surface area contributed by atoms with E-state index < -0.39 is 0 Å². The van der Waals surface area contributed by atoms with Gasteiger partial charge in [-0.15, -0.1) is 5.10 Å². The van der Waals surface area contributed by atoms with Gasteiger partial charge in [0, 0.05) is 18.7 Å². The van der Waals surface area contributed by atoms with Crippen LogP contribution in [0.5, 0.6) is 5.88 Å². The molecule has 24 heavy (non-hydrogen) atoms. The first kappa shape index (κ1) is 18.8. The zero-order valence-electron chi connectivity index (χ0n) is 13.8. The molecule has 2 rings (SSSR count). The predicted octanol–water partition coefficient (Wildman–Crippen LogP) is 3.65. The number of aromatic nitrogens is 2. The third-order valence-electron chi connectivity index (χ3n) is 3.69. The van der Waals surface area contributed by atoms with Gasteiger partial charge in [-0.3, -0.25) is 4.79 Å². The fraction of sp³-hybridized carbons (Fsp3) is 0.412. The van der Waals surface area contributed by atoms with E-state index in [0.717, 1.165) is 26.1 Å². The molecule has 0 radical (unpaired) electrons. The molecule has 0 aliphatic rings. The van der Waals surface area contributed by atoms with Crippen molar-refractivity contribution in [2.75, 3.05) is 26.2 Å². The van der Waals surface area contributed by atoms with E-state index in [-0.39, 0.29) is 5.56 Å². The van der Waals surface area contributed by atoms with Crippen molar-refractivity contribution in [2.45, 2.75) is 20.3 Å². The molecule has 5 nitrogen and oxygen atoms in total. The first-order chi connectivity index (χ1) is 11.5. The Kier molecular flexibility index (Phi) is 7.09. The van der Waals surface area contributed by atoms with Gasteiger partial charge in [0.1, 0.15) is 0 Å². The Hall–Kier alpha value is -1.56. The van der Waals surface area contributed by atoms with Crippen LogP contribution >= 0.6 is 23.2 Å². The van der Waals surface area contributed by atoms with Gasteiger partial charge in [0.15, 0.2) is 0 Å². The van der Waals surface area contributed by atoms with E-state index in [2.05, 4.69) is 23.8 Å². The maximum Gasteiger partial charge on any atom is 0.271 e. The molecule has 1 heterocycles. The van der Waals surface area contributed by atoms with Gasteiger partial charge in [-0.2, -0.15) is 4.68 Å². The lowest BCUT2D eigenvalue weighted by Gasteiger charge is -2.17. The Bertz CT molecular complexity index is 730. The molecular formula is C17H21Cl2N3O2. The molecular weight excluding hydrogens is 349 g/mol. The minimum Gasteiger partial charge on any atom is -0.477 e. The maximum atomic E-state index is 12.0. The number of halogens is 2. The first-order valence-corrected chi connectivity index (χ1v) is 8.71. The molecule has 2 aromatic rings. The van der Waals surface area contributed by atoms with Crippen molar-refractivity contribution in [3.8, 4) is 11.6 Å². The van der Waals surface area contributed by atoms with Crippen LogP contribution in [0.3, 0.4) is 0 Å². The van der Waals surface area contributed by atoms with Gasteiger partial charge in [0.2, 0.25) is 5.88 Å². The number of hydrogen-bond acceptors (Lipinski definition) is 4. The lowest BCUT2D eigenvalue weighted by Crippen LogP contribution is -2.25. The van der Waals surface area contributed by atoms with E-state index in [1.54, 1.807) is 24.3 Å².